The number of hydrogen-bond donors (Lipinski definition) is 0. The molecule has 1 aromatic carbocycles. The number of anilines is 1. The minimum atomic E-state index is -2.11. The molecule has 0 spiro atoms. The van der Waals surface area contributed by atoms with Crippen molar-refractivity contribution in [2.24, 2.45) is 5.41 Å². The lowest BCUT2D eigenvalue weighted by Crippen LogP contribution is -2.56. The quantitative estimate of drug-likeness (QED) is 0.364. The van der Waals surface area contributed by atoms with Crippen molar-refractivity contribution >= 4 is 25.2 Å². The van der Waals surface area contributed by atoms with Crippen molar-refractivity contribution in [3.05, 3.63) is 35.3 Å². The summed E-state index contributed by atoms with van der Waals surface area (Å²) in [4.78, 5) is 15.1. The molecular formula is C27H39N5Si. The summed E-state index contributed by atoms with van der Waals surface area (Å²) in [5.74, 6) is 2.92. The summed E-state index contributed by atoms with van der Waals surface area (Å²) in [6, 6.07) is 4.83. The summed E-state index contributed by atoms with van der Waals surface area (Å²) in [5, 5.41) is 0. The maximum Gasteiger partial charge on any atom is 0.264 e. The summed E-state index contributed by atoms with van der Waals surface area (Å²) in [6.07, 6.45) is 1.99. The monoisotopic (exact) mass is 461 g/mol. The van der Waals surface area contributed by atoms with Crippen LogP contribution < -0.4 is 4.57 Å². The molecule has 1 aliphatic carbocycles. The van der Waals surface area contributed by atoms with E-state index in [0.29, 0.717) is 0 Å². The average molecular weight is 462 g/mol. The Labute approximate surface area is 199 Å². The SMILES string of the molecule is CN1c2nc(C(C)(C)C)ncc2-c2nc3cc4c(cc3n2[Si]1(C)C)C(C)(C)C(C)(C)C4(C)C. The van der Waals surface area contributed by atoms with Crippen molar-refractivity contribution in [2.75, 3.05) is 11.6 Å². The first kappa shape index (κ1) is 22.6. The summed E-state index contributed by atoms with van der Waals surface area (Å²) < 4.78 is 4.94. The molecule has 3 heterocycles. The Morgan fingerprint density at radius 2 is 1.45 bits per heavy atom. The number of benzene rings is 1. The van der Waals surface area contributed by atoms with Gasteiger partial charge in [-0.3, -0.25) is 0 Å². The molecule has 6 heteroatoms. The predicted molar refractivity (Wildman–Crippen MR) is 141 cm³/mol. The van der Waals surface area contributed by atoms with Crippen molar-refractivity contribution in [1.29, 1.82) is 0 Å². The molecule has 0 saturated heterocycles. The van der Waals surface area contributed by atoms with Gasteiger partial charge >= 0.3 is 0 Å². The summed E-state index contributed by atoms with van der Waals surface area (Å²) in [5.41, 5.74) is 6.46. The Kier molecular flexibility index (Phi) is 4.15. The van der Waals surface area contributed by atoms with Gasteiger partial charge in [-0.15, -0.1) is 0 Å². The number of aromatic nitrogens is 4. The molecule has 33 heavy (non-hydrogen) atoms. The van der Waals surface area contributed by atoms with E-state index >= 15 is 0 Å². The largest absolute Gasteiger partial charge is 0.368 e. The van der Waals surface area contributed by atoms with Crippen LogP contribution >= 0.6 is 0 Å². The molecular weight excluding hydrogens is 422 g/mol. The van der Waals surface area contributed by atoms with E-state index in [4.69, 9.17) is 15.0 Å². The standard InChI is InChI=1S/C27H39N5Si/c1-24(2,3)23-28-15-16-21(30-23)31(10)33(11,12)32-20-14-18-17(13-19(20)29-22(16)32)25(4,5)27(8,9)26(18,6)7/h13-15H,1-12H3. The fraction of sp³-hybridized carbons (Fsp3) is 0.593. The highest BCUT2D eigenvalue weighted by molar-refractivity contribution is 6.81. The maximum absolute atomic E-state index is 5.25. The molecule has 3 aromatic rings. The van der Waals surface area contributed by atoms with Crippen LogP contribution in [-0.2, 0) is 16.2 Å². The van der Waals surface area contributed by atoms with Crippen molar-refractivity contribution in [3.8, 4) is 11.4 Å². The minimum Gasteiger partial charge on any atom is -0.368 e. The second-order valence-electron chi connectivity index (χ2n) is 13.3. The van der Waals surface area contributed by atoms with Gasteiger partial charge in [0.15, 0.2) is 0 Å². The topological polar surface area (TPSA) is 46.8 Å². The van der Waals surface area contributed by atoms with Crippen LogP contribution in [0.4, 0.5) is 5.82 Å². The van der Waals surface area contributed by atoms with Crippen LogP contribution in [-0.4, -0.2) is 34.6 Å². The summed E-state index contributed by atoms with van der Waals surface area (Å²) in [6.45, 7) is 25.7. The van der Waals surface area contributed by atoms with Crippen LogP contribution in [0.2, 0.25) is 13.1 Å². The van der Waals surface area contributed by atoms with E-state index in [1.165, 1.54) is 16.6 Å². The second-order valence-corrected chi connectivity index (χ2v) is 17.4. The molecule has 0 saturated carbocycles. The highest BCUT2D eigenvalue weighted by Gasteiger charge is 2.57. The first-order valence-corrected chi connectivity index (χ1v) is 15.0. The number of nitrogens with zero attached hydrogens (tertiary/aromatic N) is 5. The molecule has 0 radical (unpaired) electrons. The second kappa shape index (κ2) is 6.07. The molecule has 0 N–H and O–H groups in total. The van der Waals surface area contributed by atoms with Crippen LogP contribution in [0.15, 0.2) is 18.3 Å². The first-order chi connectivity index (χ1) is 14.9. The van der Waals surface area contributed by atoms with E-state index in [9.17, 15) is 0 Å². The van der Waals surface area contributed by atoms with Gasteiger partial charge in [-0.2, -0.15) is 0 Å². The maximum atomic E-state index is 5.25. The molecule has 0 fully saturated rings. The molecule has 0 atom stereocenters. The number of imidazole rings is 1. The Morgan fingerprint density at radius 1 is 0.879 bits per heavy atom. The normalized spacial score (nSPS) is 21.6. The zero-order valence-corrected chi connectivity index (χ0v) is 23.5. The lowest BCUT2D eigenvalue weighted by atomic mass is 9.59. The molecule has 2 aromatic heterocycles. The Hall–Kier alpha value is -2.21. The number of fused-ring (bicyclic) bond motifs is 6. The van der Waals surface area contributed by atoms with Crippen molar-refractivity contribution in [1.82, 2.24) is 19.2 Å². The van der Waals surface area contributed by atoms with Gasteiger partial charge in [-0.25, -0.2) is 15.0 Å². The zero-order chi connectivity index (χ0) is 24.5. The van der Waals surface area contributed by atoms with Crippen molar-refractivity contribution in [2.45, 2.75) is 91.7 Å². The highest BCUT2D eigenvalue weighted by atomic mass is 28.3. The van der Waals surface area contributed by atoms with Crippen LogP contribution in [0.1, 0.15) is 79.3 Å². The predicted octanol–water partition coefficient (Wildman–Crippen LogP) is 6.39. The van der Waals surface area contributed by atoms with Gasteiger partial charge in [0.25, 0.3) is 8.40 Å². The van der Waals surface area contributed by atoms with E-state index in [2.05, 4.69) is 103 Å². The fourth-order valence-corrected chi connectivity index (χ4v) is 8.35. The van der Waals surface area contributed by atoms with Gasteiger partial charge in [-0.05, 0) is 52.6 Å². The smallest absolute Gasteiger partial charge is 0.264 e. The lowest BCUT2D eigenvalue weighted by Gasteiger charge is -2.44. The van der Waals surface area contributed by atoms with Crippen LogP contribution in [0.25, 0.3) is 22.4 Å². The number of rotatable bonds is 0. The Bertz CT molecular complexity index is 1320. The van der Waals surface area contributed by atoms with Crippen LogP contribution in [0, 0.1) is 5.41 Å². The van der Waals surface area contributed by atoms with Gasteiger partial charge in [0.2, 0.25) is 0 Å². The molecule has 5 rings (SSSR count). The van der Waals surface area contributed by atoms with Gasteiger partial charge in [0.1, 0.15) is 17.5 Å². The molecule has 5 nitrogen and oxygen atoms in total. The first-order valence-electron chi connectivity index (χ1n) is 12.1. The third-order valence-electron chi connectivity index (χ3n) is 9.63. The van der Waals surface area contributed by atoms with E-state index in [1.807, 2.05) is 6.20 Å². The van der Waals surface area contributed by atoms with E-state index in [-0.39, 0.29) is 21.7 Å². The number of hydrogen-bond acceptors (Lipinski definition) is 4. The summed E-state index contributed by atoms with van der Waals surface area (Å²) in [7, 11) is 0.0840. The van der Waals surface area contributed by atoms with E-state index < -0.39 is 8.40 Å². The highest BCUT2D eigenvalue weighted by Crippen LogP contribution is 2.62. The Balaban J connectivity index is 1.84. The fourth-order valence-electron chi connectivity index (χ4n) is 5.90. The molecule has 0 unspecified atom stereocenters. The van der Waals surface area contributed by atoms with Gasteiger partial charge in [-0.1, -0.05) is 62.3 Å². The minimum absolute atomic E-state index is 0.0660. The van der Waals surface area contributed by atoms with E-state index in [1.54, 1.807) is 0 Å². The van der Waals surface area contributed by atoms with Gasteiger partial charge in [0.05, 0.1) is 16.6 Å². The van der Waals surface area contributed by atoms with Crippen LogP contribution in [0.5, 0.6) is 0 Å². The molecule has 2 aliphatic rings. The average Bonchev–Trinajstić information content (AvgIpc) is 3.13. The van der Waals surface area contributed by atoms with Crippen LogP contribution in [0.3, 0.4) is 0 Å². The third-order valence-corrected chi connectivity index (χ3v) is 13.0. The van der Waals surface area contributed by atoms with Gasteiger partial charge in [0, 0.05) is 18.7 Å². The molecule has 176 valence electrons. The van der Waals surface area contributed by atoms with Gasteiger partial charge < -0.3 is 8.80 Å². The molecule has 0 bridgehead atoms. The van der Waals surface area contributed by atoms with Crippen molar-refractivity contribution < 1.29 is 0 Å². The summed E-state index contributed by atoms with van der Waals surface area (Å²) >= 11 is 0. The molecule has 0 amide bonds. The van der Waals surface area contributed by atoms with Crippen molar-refractivity contribution in [3.63, 3.8) is 0 Å². The third kappa shape index (κ3) is 2.56. The lowest BCUT2D eigenvalue weighted by molar-refractivity contribution is 0.125. The Morgan fingerprint density at radius 3 is 2.03 bits per heavy atom. The zero-order valence-electron chi connectivity index (χ0n) is 22.5. The molecule has 1 aliphatic heterocycles. The van der Waals surface area contributed by atoms with E-state index in [0.717, 1.165) is 28.5 Å².